The van der Waals surface area contributed by atoms with E-state index in [4.69, 9.17) is 14.2 Å². The van der Waals surface area contributed by atoms with E-state index in [-0.39, 0.29) is 24.3 Å². The van der Waals surface area contributed by atoms with E-state index in [9.17, 15) is 14.4 Å². The third kappa shape index (κ3) is 5.57. The number of fused-ring (bicyclic) bond motifs is 1. The maximum Gasteiger partial charge on any atom is 0.330 e. The van der Waals surface area contributed by atoms with E-state index in [1.54, 1.807) is 39.4 Å². The van der Waals surface area contributed by atoms with Crippen LogP contribution in [0.15, 0.2) is 42.5 Å². The van der Waals surface area contributed by atoms with Gasteiger partial charge in [0, 0.05) is 30.1 Å². The fourth-order valence-corrected chi connectivity index (χ4v) is 3.72. The van der Waals surface area contributed by atoms with Gasteiger partial charge in [0.05, 0.1) is 20.8 Å². The van der Waals surface area contributed by atoms with Crippen LogP contribution in [0.25, 0.3) is 10.8 Å². The average molecular weight is 440 g/mol. The topological polar surface area (TPSA) is 103 Å². The molecule has 1 saturated heterocycles. The van der Waals surface area contributed by atoms with Gasteiger partial charge in [-0.25, -0.2) is 4.79 Å². The summed E-state index contributed by atoms with van der Waals surface area (Å²) in [4.78, 5) is 36.7. The Kier molecular flexibility index (Phi) is 7.70. The molecule has 8 heteroatoms. The number of nitrogens with one attached hydrogen (secondary N) is 2. The molecule has 0 saturated carbocycles. The normalized spacial score (nSPS) is 16.6. The number of carbonyl (C=O) groups is 3. The Hall–Kier alpha value is -3.55. The number of rotatable bonds is 9. The molecule has 0 bridgehead atoms. The highest BCUT2D eigenvalue weighted by Gasteiger charge is 2.27. The second-order valence-corrected chi connectivity index (χ2v) is 7.47. The lowest BCUT2D eigenvalue weighted by Gasteiger charge is -2.18. The predicted molar refractivity (Wildman–Crippen MR) is 120 cm³/mol. The van der Waals surface area contributed by atoms with Crippen LogP contribution < -0.4 is 20.1 Å². The van der Waals surface area contributed by atoms with Crippen molar-refractivity contribution in [2.45, 2.75) is 25.8 Å². The van der Waals surface area contributed by atoms with Gasteiger partial charge < -0.3 is 24.8 Å². The number of carbonyl (C=O) groups excluding carboxylic acids is 3. The van der Waals surface area contributed by atoms with Crippen LogP contribution in [0.1, 0.15) is 30.1 Å². The van der Waals surface area contributed by atoms with Crippen LogP contribution in [0.2, 0.25) is 0 Å². The third-order valence-electron chi connectivity index (χ3n) is 5.37. The van der Waals surface area contributed by atoms with Crippen LogP contribution in [-0.4, -0.2) is 51.2 Å². The number of hydrogen-bond acceptors (Lipinski definition) is 6. The lowest BCUT2D eigenvalue weighted by Crippen LogP contribution is -2.36. The summed E-state index contributed by atoms with van der Waals surface area (Å²) in [6.07, 6.45) is 3.96. The van der Waals surface area contributed by atoms with Crippen molar-refractivity contribution in [3.8, 4) is 11.5 Å². The van der Waals surface area contributed by atoms with E-state index in [0.29, 0.717) is 36.4 Å². The SMILES string of the molecule is CCOC(=O)/C=C/C(CC1CCNC1=O)NC(=O)c1ccc2cc(OC)c(OC)cc2c1. The second kappa shape index (κ2) is 10.7. The average Bonchev–Trinajstić information content (AvgIpc) is 3.20. The predicted octanol–water partition coefficient (Wildman–Crippen LogP) is 2.60. The molecule has 2 N–H and O–H groups in total. The van der Waals surface area contributed by atoms with Crippen molar-refractivity contribution >= 4 is 28.6 Å². The Morgan fingerprint density at radius 2 is 1.88 bits per heavy atom. The molecule has 1 heterocycles. The molecule has 8 nitrogen and oxygen atoms in total. The molecule has 0 radical (unpaired) electrons. The standard InChI is InChI=1S/C24H28N2O6/c1-4-32-22(27)8-7-19(12-17-9-10-25-23(17)28)26-24(29)16-6-5-15-13-20(30-2)21(31-3)14-18(15)11-16/h5-8,11,13-14,17,19H,4,9-10,12H2,1-3H3,(H,25,28)(H,26,29)/b8-7+. The molecule has 2 aromatic rings. The Morgan fingerprint density at radius 1 is 1.16 bits per heavy atom. The minimum absolute atomic E-state index is 0.0412. The second-order valence-electron chi connectivity index (χ2n) is 7.47. The van der Waals surface area contributed by atoms with Crippen molar-refractivity contribution in [2.24, 2.45) is 5.92 Å². The van der Waals surface area contributed by atoms with Gasteiger partial charge in [0.25, 0.3) is 5.91 Å². The summed E-state index contributed by atoms with van der Waals surface area (Å²) in [5.41, 5.74) is 0.454. The fourth-order valence-electron chi connectivity index (χ4n) is 3.72. The van der Waals surface area contributed by atoms with Crippen molar-refractivity contribution in [1.29, 1.82) is 0 Å². The third-order valence-corrected chi connectivity index (χ3v) is 5.37. The summed E-state index contributed by atoms with van der Waals surface area (Å²) in [6, 6.07) is 8.48. The van der Waals surface area contributed by atoms with Crippen molar-refractivity contribution in [1.82, 2.24) is 10.6 Å². The van der Waals surface area contributed by atoms with Crippen LogP contribution in [-0.2, 0) is 14.3 Å². The van der Waals surface area contributed by atoms with Crippen LogP contribution in [0, 0.1) is 5.92 Å². The summed E-state index contributed by atoms with van der Waals surface area (Å²) in [7, 11) is 3.12. The van der Waals surface area contributed by atoms with Gasteiger partial charge >= 0.3 is 5.97 Å². The number of methoxy groups -OCH3 is 2. The highest BCUT2D eigenvalue weighted by Crippen LogP contribution is 2.32. The first-order chi connectivity index (χ1) is 15.4. The zero-order valence-corrected chi connectivity index (χ0v) is 18.5. The zero-order valence-electron chi connectivity index (χ0n) is 18.5. The van der Waals surface area contributed by atoms with Crippen LogP contribution in [0.5, 0.6) is 11.5 Å². The summed E-state index contributed by atoms with van der Waals surface area (Å²) < 4.78 is 15.6. The molecule has 1 aliphatic rings. The summed E-state index contributed by atoms with van der Waals surface area (Å²) in [6.45, 7) is 2.59. The molecule has 0 spiro atoms. The minimum Gasteiger partial charge on any atom is -0.493 e. The number of esters is 1. The van der Waals surface area contributed by atoms with Gasteiger partial charge in [-0.1, -0.05) is 12.1 Å². The Balaban J connectivity index is 1.81. The van der Waals surface area contributed by atoms with Crippen LogP contribution in [0.4, 0.5) is 0 Å². The molecule has 2 atom stereocenters. The summed E-state index contributed by atoms with van der Waals surface area (Å²) in [5, 5.41) is 7.45. The lowest BCUT2D eigenvalue weighted by atomic mass is 9.97. The number of hydrogen-bond donors (Lipinski definition) is 2. The Bertz CT molecular complexity index is 1030. The van der Waals surface area contributed by atoms with Gasteiger partial charge in [0.15, 0.2) is 11.5 Å². The first-order valence-electron chi connectivity index (χ1n) is 10.5. The first kappa shape index (κ1) is 23.1. The molecule has 32 heavy (non-hydrogen) atoms. The maximum atomic E-state index is 13.0. The highest BCUT2D eigenvalue weighted by atomic mass is 16.5. The molecule has 1 aliphatic heterocycles. The molecular formula is C24H28N2O6. The fraction of sp³-hybridized carbons (Fsp3) is 0.375. The number of benzene rings is 2. The summed E-state index contributed by atoms with van der Waals surface area (Å²) in [5.74, 6) is 0.116. The smallest absolute Gasteiger partial charge is 0.330 e. The molecule has 0 aliphatic carbocycles. The van der Waals surface area contributed by atoms with Crippen LogP contribution in [0.3, 0.4) is 0 Å². The van der Waals surface area contributed by atoms with E-state index in [0.717, 1.165) is 10.8 Å². The van der Waals surface area contributed by atoms with Crippen molar-refractivity contribution in [2.75, 3.05) is 27.4 Å². The van der Waals surface area contributed by atoms with Gasteiger partial charge in [-0.15, -0.1) is 0 Å². The quantitative estimate of drug-likeness (QED) is 0.459. The molecule has 3 rings (SSSR count). The molecule has 170 valence electrons. The van der Waals surface area contributed by atoms with Crippen LogP contribution >= 0.6 is 0 Å². The minimum atomic E-state index is -0.498. The van der Waals surface area contributed by atoms with Crippen molar-refractivity contribution in [3.05, 3.63) is 48.0 Å². The Labute approximate surface area is 186 Å². The number of ether oxygens (including phenoxy) is 3. The monoisotopic (exact) mass is 440 g/mol. The highest BCUT2D eigenvalue weighted by molar-refractivity contribution is 5.99. The van der Waals surface area contributed by atoms with E-state index < -0.39 is 12.0 Å². The van der Waals surface area contributed by atoms with Gasteiger partial charge in [-0.05, 0) is 54.8 Å². The Morgan fingerprint density at radius 3 is 2.50 bits per heavy atom. The largest absolute Gasteiger partial charge is 0.493 e. The molecule has 2 unspecified atom stereocenters. The zero-order chi connectivity index (χ0) is 23.1. The maximum absolute atomic E-state index is 13.0. The molecule has 0 aromatic heterocycles. The van der Waals surface area contributed by atoms with Crippen molar-refractivity contribution in [3.63, 3.8) is 0 Å². The summed E-state index contributed by atoms with van der Waals surface area (Å²) >= 11 is 0. The van der Waals surface area contributed by atoms with Gasteiger partial charge in [-0.2, -0.15) is 0 Å². The van der Waals surface area contributed by atoms with Crippen molar-refractivity contribution < 1.29 is 28.6 Å². The van der Waals surface area contributed by atoms with E-state index >= 15 is 0 Å². The molecule has 2 aromatic carbocycles. The molecular weight excluding hydrogens is 412 g/mol. The van der Waals surface area contributed by atoms with E-state index in [1.807, 2.05) is 18.2 Å². The molecule has 1 fully saturated rings. The van der Waals surface area contributed by atoms with E-state index in [1.165, 1.54) is 6.08 Å². The van der Waals surface area contributed by atoms with Gasteiger partial charge in [0.2, 0.25) is 5.91 Å². The first-order valence-corrected chi connectivity index (χ1v) is 10.5. The van der Waals surface area contributed by atoms with E-state index in [2.05, 4.69) is 10.6 Å². The van der Waals surface area contributed by atoms with Gasteiger partial charge in [-0.3, -0.25) is 9.59 Å². The molecule has 2 amide bonds. The van der Waals surface area contributed by atoms with Gasteiger partial charge in [0.1, 0.15) is 0 Å². The lowest BCUT2D eigenvalue weighted by molar-refractivity contribution is -0.137. The number of amides is 2.